The fourth-order valence-electron chi connectivity index (χ4n) is 1.85. The number of hydrazone groups is 2. The van der Waals surface area contributed by atoms with Crippen LogP contribution in [0, 0.1) is 5.92 Å². The topological polar surface area (TPSA) is 82.9 Å². The molecule has 0 fully saturated rings. The van der Waals surface area contributed by atoms with E-state index in [1.54, 1.807) is 18.3 Å². The Bertz CT molecular complexity index is 563. The third-order valence-corrected chi connectivity index (χ3v) is 4.03. The summed E-state index contributed by atoms with van der Waals surface area (Å²) in [6, 6.07) is 3.88. The molecule has 0 saturated heterocycles. The average molecular weight is 292 g/mol. The van der Waals surface area contributed by atoms with Gasteiger partial charge in [0.1, 0.15) is 0 Å². The van der Waals surface area contributed by atoms with Crippen LogP contribution < -0.4 is 10.9 Å². The number of nitrogens with zero attached hydrogens (tertiary/aromatic N) is 2. The molecule has 2 rings (SSSR count). The molecule has 1 atom stereocenters. The molecule has 1 aromatic heterocycles. The van der Waals surface area contributed by atoms with E-state index in [-0.39, 0.29) is 24.2 Å². The van der Waals surface area contributed by atoms with Gasteiger partial charge in [0, 0.05) is 17.0 Å². The summed E-state index contributed by atoms with van der Waals surface area (Å²) in [5.41, 5.74) is 6.40. The van der Waals surface area contributed by atoms with E-state index in [2.05, 4.69) is 21.1 Å². The molecule has 0 radical (unpaired) electrons. The summed E-state index contributed by atoms with van der Waals surface area (Å²) in [5, 5.41) is 9.85. The van der Waals surface area contributed by atoms with Gasteiger partial charge in [-0.1, -0.05) is 6.07 Å². The molecule has 2 heterocycles. The molecule has 1 aromatic rings. The van der Waals surface area contributed by atoms with E-state index >= 15 is 0 Å². The number of thiophene rings is 1. The number of amides is 2. The summed E-state index contributed by atoms with van der Waals surface area (Å²) < 4.78 is 0. The van der Waals surface area contributed by atoms with Gasteiger partial charge in [-0.15, -0.1) is 11.3 Å². The largest absolute Gasteiger partial charge is 0.273 e. The van der Waals surface area contributed by atoms with Gasteiger partial charge in [0.15, 0.2) is 0 Å². The Morgan fingerprint density at radius 1 is 1.60 bits per heavy atom. The minimum Gasteiger partial charge on any atom is -0.273 e. The number of carbonyl (C=O) groups excluding carboxylic acids is 2. The summed E-state index contributed by atoms with van der Waals surface area (Å²) in [5.74, 6) is -0.648. The molecule has 0 spiro atoms. The summed E-state index contributed by atoms with van der Waals surface area (Å²) in [6.45, 7) is 3.62. The molecular weight excluding hydrogens is 276 g/mol. The van der Waals surface area contributed by atoms with Gasteiger partial charge in [-0.2, -0.15) is 10.2 Å². The minimum absolute atomic E-state index is 0.145. The molecule has 2 N–H and O–H groups in total. The van der Waals surface area contributed by atoms with E-state index in [1.165, 1.54) is 0 Å². The molecule has 0 bridgehead atoms. The molecule has 1 aliphatic heterocycles. The van der Waals surface area contributed by atoms with E-state index in [9.17, 15) is 9.59 Å². The zero-order chi connectivity index (χ0) is 14.5. The Kier molecular flexibility index (Phi) is 4.62. The maximum absolute atomic E-state index is 11.7. The van der Waals surface area contributed by atoms with Gasteiger partial charge in [0.25, 0.3) is 0 Å². The Labute approximate surface area is 121 Å². The van der Waals surface area contributed by atoms with E-state index in [4.69, 9.17) is 0 Å². The summed E-state index contributed by atoms with van der Waals surface area (Å²) in [6.07, 6.45) is 0.687. The van der Waals surface area contributed by atoms with E-state index in [0.29, 0.717) is 6.42 Å². The Balaban J connectivity index is 1.80. The van der Waals surface area contributed by atoms with E-state index < -0.39 is 0 Å². The lowest BCUT2D eigenvalue weighted by Crippen LogP contribution is -2.25. The van der Waals surface area contributed by atoms with Crippen molar-refractivity contribution >= 4 is 34.6 Å². The standard InChI is InChI=1S/C13H16N4O2S/c1-8-10(13(19)17-14-8)5-6-12(18)16-15-9(2)11-4-3-7-20-11/h3-4,7,10H,5-6H2,1-2H3,(H,16,18)(H,17,19). The van der Waals surface area contributed by atoms with Crippen molar-refractivity contribution in [3.05, 3.63) is 22.4 Å². The Morgan fingerprint density at radius 3 is 3.00 bits per heavy atom. The molecule has 0 aliphatic carbocycles. The molecule has 0 aromatic carbocycles. The summed E-state index contributed by atoms with van der Waals surface area (Å²) in [7, 11) is 0. The Hall–Kier alpha value is -2.02. The second-order valence-corrected chi connectivity index (χ2v) is 5.48. The highest BCUT2D eigenvalue weighted by molar-refractivity contribution is 7.12. The number of carbonyl (C=O) groups is 2. The second kappa shape index (κ2) is 6.42. The smallest absolute Gasteiger partial charge is 0.248 e. The van der Waals surface area contributed by atoms with Crippen molar-refractivity contribution in [3.63, 3.8) is 0 Å². The first-order valence-corrected chi connectivity index (χ1v) is 7.17. The molecule has 7 heteroatoms. The third kappa shape index (κ3) is 3.51. The number of rotatable bonds is 5. The van der Waals surface area contributed by atoms with Crippen molar-refractivity contribution in [1.82, 2.24) is 10.9 Å². The van der Waals surface area contributed by atoms with E-state index in [0.717, 1.165) is 16.3 Å². The maximum atomic E-state index is 11.7. The van der Waals surface area contributed by atoms with Crippen LogP contribution in [-0.2, 0) is 9.59 Å². The summed E-state index contributed by atoms with van der Waals surface area (Å²) >= 11 is 1.57. The van der Waals surface area contributed by atoms with Gasteiger partial charge >= 0.3 is 0 Å². The lowest BCUT2D eigenvalue weighted by molar-refractivity contribution is -0.123. The Morgan fingerprint density at radius 2 is 2.40 bits per heavy atom. The second-order valence-electron chi connectivity index (χ2n) is 4.53. The monoisotopic (exact) mass is 292 g/mol. The van der Waals surface area contributed by atoms with Gasteiger partial charge in [-0.25, -0.2) is 10.9 Å². The van der Waals surface area contributed by atoms with Gasteiger partial charge in [-0.05, 0) is 31.7 Å². The molecule has 2 amide bonds. The van der Waals surface area contributed by atoms with Crippen LogP contribution in [0.15, 0.2) is 27.7 Å². The molecule has 106 valence electrons. The van der Waals surface area contributed by atoms with Crippen LogP contribution in [0.1, 0.15) is 31.6 Å². The van der Waals surface area contributed by atoms with Gasteiger partial charge in [0.05, 0.1) is 11.6 Å². The molecule has 1 unspecified atom stereocenters. The first-order valence-electron chi connectivity index (χ1n) is 6.29. The highest BCUT2D eigenvalue weighted by atomic mass is 32.1. The van der Waals surface area contributed by atoms with Gasteiger partial charge in [0.2, 0.25) is 11.8 Å². The first-order chi connectivity index (χ1) is 9.58. The SMILES string of the molecule is CC(=NNC(=O)CCC1C(=O)NN=C1C)c1cccs1. The maximum Gasteiger partial charge on any atom is 0.248 e. The third-order valence-electron chi connectivity index (χ3n) is 3.05. The quantitative estimate of drug-likeness (QED) is 0.636. The number of nitrogens with one attached hydrogen (secondary N) is 2. The molecular formula is C13H16N4O2S. The van der Waals surface area contributed by atoms with Gasteiger partial charge < -0.3 is 0 Å². The lowest BCUT2D eigenvalue weighted by atomic mass is 9.99. The van der Waals surface area contributed by atoms with Crippen LogP contribution in [0.4, 0.5) is 0 Å². The van der Waals surface area contributed by atoms with Crippen molar-refractivity contribution in [2.24, 2.45) is 16.1 Å². The predicted molar refractivity (Wildman–Crippen MR) is 78.6 cm³/mol. The minimum atomic E-state index is -0.303. The van der Waals surface area contributed by atoms with Crippen molar-refractivity contribution < 1.29 is 9.59 Å². The molecule has 1 aliphatic rings. The fraction of sp³-hybridized carbons (Fsp3) is 0.385. The van der Waals surface area contributed by atoms with Crippen molar-refractivity contribution in [3.8, 4) is 0 Å². The summed E-state index contributed by atoms with van der Waals surface area (Å²) in [4.78, 5) is 24.2. The zero-order valence-corrected chi connectivity index (χ0v) is 12.2. The van der Waals surface area contributed by atoms with Crippen LogP contribution in [0.2, 0.25) is 0 Å². The average Bonchev–Trinajstić information content (AvgIpc) is 3.05. The van der Waals surface area contributed by atoms with E-state index in [1.807, 2.05) is 24.4 Å². The van der Waals surface area contributed by atoms with Crippen molar-refractivity contribution in [2.45, 2.75) is 26.7 Å². The zero-order valence-electron chi connectivity index (χ0n) is 11.3. The van der Waals surface area contributed by atoms with Crippen LogP contribution >= 0.6 is 11.3 Å². The van der Waals surface area contributed by atoms with Crippen LogP contribution in [0.5, 0.6) is 0 Å². The fourth-order valence-corrected chi connectivity index (χ4v) is 2.52. The molecule has 20 heavy (non-hydrogen) atoms. The van der Waals surface area contributed by atoms with Crippen molar-refractivity contribution in [2.75, 3.05) is 0 Å². The van der Waals surface area contributed by atoms with Crippen LogP contribution in [-0.4, -0.2) is 23.2 Å². The van der Waals surface area contributed by atoms with Gasteiger partial charge in [-0.3, -0.25) is 9.59 Å². The normalized spacial score (nSPS) is 18.7. The number of hydrogen-bond acceptors (Lipinski definition) is 5. The highest BCUT2D eigenvalue weighted by Gasteiger charge is 2.26. The highest BCUT2D eigenvalue weighted by Crippen LogP contribution is 2.13. The van der Waals surface area contributed by atoms with Crippen molar-refractivity contribution in [1.29, 1.82) is 0 Å². The lowest BCUT2D eigenvalue weighted by Gasteiger charge is -2.06. The van der Waals surface area contributed by atoms with Crippen LogP contribution in [0.25, 0.3) is 0 Å². The number of hydrogen-bond donors (Lipinski definition) is 2. The first kappa shape index (κ1) is 14.4. The molecule has 0 saturated carbocycles. The predicted octanol–water partition coefficient (Wildman–Crippen LogP) is 1.49. The van der Waals surface area contributed by atoms with Crippen LogP contribution in [0.3, 0.4) is 0 Å². The molecule has 6 nitrogen and oxygen atoms in total.